The van der Waals surface area contributed by atoms with Crippen molar-refractivity contribution >= 4 is 5.97 Å². The highest BCUT2D eigenvalue weighted by Gasteiger charge is 2.30. The van der Waals surface area contributed by atoms with Crippen molar-refractivity contribution in [2.45, 2.75) is 12.6 Å². The van der Waals surface area contributed by atoms with Crippen LogP contribution in [0.4, 0.5) is 13.2 Å². The molecular weight excluding hydrogens is 287 g/mol. The number of hydrogen-bond donors (Lipinski definition) is 1. The van der Waals surface area contributed by atoms with Crippen molar-refractivity contribution in [3.63, 3.8) is 0 Å². The highest BCUT2D eigenvalue weighted by Crippen LogP contribution is 2.30. The lowest BCUT2D eigenvalue weighted by atomic mass is 10.1. The molecule has 21 heavy (non-hydrogen) atoms. The van der Waals surface area contributed by atoms with Gasteiger partial charge in [0.25, 0.3) is 0 Å². The van der Waals surface area contributed by atoms with Gasteiger partial charge in [0, 0.05) is 12.3 Å². The summed E-state index contributed by atoms with van der Waals surface area (Å²) in [7, 11) is 0. The van der Waals surface area contributed by atoms with Crippen LogP contribution in [0.2, 0.25) is 0 Å². The Balaban J connectivity index is 2.13. The van der Waals surface area contributed by atoms with E-state index in [2.05, 4.69) is 4.98 Å². The third-order valence-electron chi connectivity index (χ3n) is 2.54. The molecule has 1 N–H and O–H groups in total. The Hall–Kier alpha value is -2.57. The van der Waals surface area contributed by atoms with Gasteiger partial charge in [-0.25, -0.2) is 4.98 Å². The van der Waals surface area contributed by atoms with Gasteiger partial charge in [-0.05, 0) is 23.8 Å². The van der Waals surface area contributed by atoms with E-state index in [0.717, 1.165) is 12.1 Å². The lowest BCUT2D eigenvalue weighted by Gasteiger charge is -2.08. The molecule has 0 amide bonds. The van der Waals surface area contributed by atoms with Crippen molar-refractivity contribution < 1.29 is 27.8 Å². The highest BCUT2D eigenvalue weighted by molar-refractivity contribution is 5.70. The summed E-state index contributed by atoms with van der Waals surface area (Å²) in [5, 5.41) is 8.69. The van der Waals surface area contributed by atoms with Crippen LogP contribution in [-0.4, -0.2) is 16.1 Å². The van der Waals surface area contributed by atoms with E-state index in [1.165, 1.54) is 6.07 Å². The molecule has 0 bridgehead atoms. The molecule has 0 aliphatic heterocycles. The quantitative estimate of drug-likeness (QED) is 0.938. The fourth-order valence-corrected chi connectivity index (χ4v) is 1.62. The smallest absolute Gasteiger partial charge is 0.417 e. The van der Waals surface area contributed by atoms with Gasteiger partial charge < -0.3 is 9.84 Å². The first-order valence-corrected chi connectivity index (χ1v) is 5.86. The molecule has 0 fully saturated rings. The van der Waals surface area contributed by atoms with Gasteiger partial charge in [-0.3, -0.25) is 4.79 Å². The third kappa shape index (κ3) is 4.20. The van der Waals surface area contributed by atoms with Gasteiger partial charge in [0.05, 0.1) is 12.0 Å². The number of pyridine rings is 1. The minimum Gasteiger partial charge on any atom is -0.481 e. The van der Waals surface area contributed by atoms with Gasteiger partial charge in [0.2, 0.25) is 5.88 Å². The molecule has 2 rings (SSSR count). The lowest BCUT2D eigenvalue weighted by Crippen LogP contribution is -2.05. The molecule has 7 heteroatoms. The number of benzene rings is 1. The summed E-state index contributed by atoms with van der Waals surface area (Å²) >= 11 is 0. The third-order valence-corrected chi connectivity index (χ3v) is 2.54. The molecule has 2 aromatic rings. The van der Waals surface area contributed by atoms with E-state index in [1.54, 1.807) is 18.2 Å². The summed E-state index contributed by atoms with van der Waals surface area (Å²) in [4.78, 5) is 14.2. The summed E-state index contributed by atoms with van der Waals surface area (Å²) in [6, 6.07) is 8.23. The highest BCUT2D eigenvalue weighted by atomic mass is 19.4. The second kappa shape index (κ2) is 5.82. The van der Waals surface area contributed by atoms with Crippen molar-refractivity contribution in [2.75, 3.05) is 0 Å². The maximum atomic E-state index is 12.4. The Kier molecular flexibility index (Phi) is 4.11. The number of halogens is 3. The summed E-state index contributed by atoms with van der Waals surface area (Å²) < 4.78 is 42.5. The molecule has 0 radical (unpaired) electrons. The summed E-state index contributed by atoms with van der Waals surface area (Å²) in [6.07, 6.45) is -3.94. The number of carbonyl (C=O) groups is 1. The largest absolute Gasteiger partial charge is 0.481 e. The number of rotatable bonds is 4. The van der Waals surface area contributed by atoms with Gasteiger partial charge in [0.15, 0.2) is 0 Å². The zero-order chi connectivity index (χ0) is 15.5. The predicted octanol–water partition coefficient (Wildman–Crippen LogP) is 3.52. The van der Waals surface area contributed by atoms with Crippen molar-refractivity contribution in [3.8, 4) is 11.6 Å². The van der Waals surface area contributed by atoms with E-state index in [1.807, 2.05) is 0 Å². The first-order chi connectivity index (χ1) is 9.84. The molecule has 4 nitrogen and oxygen atoms in total. The summed E-state index contributed by atoms with van der Waals surface area (Å²) in [6.45, 7) is 0. The van der Waals surface area contributed by atoms with E-state index < -0.39 is 17.7 Å². The SMILES string of the molecule is O=C(O)Cc1cccc(Oc2ccc(C(F)(F)F)cn2)c1. The minimum atomic E-state index is -4.45. The Bertz CT molecular complexity index is 639. The monoisotopic (exact) mass is 297 g/mol. The summed E-state index contributed by atoms with van der Waals surface area (Å²) in [5.41, 5.74) is -0.346. The maximum Gasteiger partial charge on any atom is 0.417 e. The second-order valence-electron chi connectivity index (χ2n) is 4.20. The molecule has 0 aliphatic carbocycles. The number of carboxylic acid groups (broad SMARTS) is 1. The van der Waals surface area contributed by atoms with E-state index in [9.17, 15) is 18.0 Å². The van der Waals surface area contributed by atoms with Crippen LogP contribution < -0.4 is 4.74 Å². The molecule has 1 heterocycles. The van der Waals surface area contributed by atoms with Crippen LogP contribution in [0.3, 0.4) is 0 Å². The zero-order valence-corrected chi connectivity index (χ0v) is 10.6. The number of ether oxygens (including phenoxy) is 1. The predicted molar refractivity (Wildman–Crippen MR) is 67.1 cm³/mol. The van der Waals surface area contributed by atoms with Gasteiger partial charge in [0.1, 0.15) is 5.75 Å². The topological polar surface area (TPSA) is 59.4 Å². The van der Waals surface area contributed by atoms with Crippen LogP contribution in [0.5, 0.6) is 11.6 Å². The average Bonchev–Trinajstić information content (AvgIpc) is 2.38. The fraction of sp³-hybridized carbons (Fsp3) is 0.143. The van der Waals surface area contributed by atoms with Crippen molar-refractivity contribution in [3.05, 3.63) is 53.7 Å². The van der Waals surface area contributed by atoms with Gasteiger partial charge in [-0.1, -0.05) is 12.1 Å². The molecule has 1 aromatic heterocycles. The molecular formula is C14H10F3NO3. The molecule has 0 spiro atoms. The van der Waals surface area contributed by atoms with Crippen LogP contribution in [-0.2, 0) is 17.4 Å². The first-order valence-electron chi connectivity index (χ1n) is 5.86. The number of aliphatic carboxylic acids is 1. The molecule has 0 atom stereocenters. The van der Waals surface area contributed by atoms with Gasteiger partial charge in [-0.15, -0.1) is 0 Å². The normalized spacial score (nSPS) is 11.2. The second-order valence-corrected chi connectivity index (χ2v) is 4.20. The van der Waals surface area contributed by atoms with Crippen LogP contribution >= 0.6 is 0 Å². The molecule has 1 aromatic carbocycles. The zero-order valence-electron chi connectivity index (χ0n) is 10.6. The van der Waals surface area contributed by atoms with E-state index in [0.29, 0.717) is 17.5 Å². The molecule has 0 unspecified atom stereocenters. The van der Waals surface area contributed by atoms with Crippen LogP contribution in [0.15, 0.2) is 42.6 Å². The number of alkyl halides is 3. The number of carboxylic acids is 1. The molecule has 0 saturated carbocycles. The van der Waals surface area contributed by atoms with Crippen molar-refractivity contribution in [1.82, 2.24) is 4.98 Å². The van der Waals surface area contributed by atoms with Crippen molar-refractivity contribution in [2.24, 2.45) is 0 Å². The maximum absolute atomic E-state index is 12.4. The fourth-order valence-electron chi connectivity index (χ4n) is 1.62. The van der Waals surface area contributed by atoms with Crippen molar-refractivity contribution in [1.29, 1.82) is 0 Å². The van der Waals surface area contributed by atoms with E-state index in [4.69, 9.17) is 9.84 Å². The van der Waals surface area contributed by atoms with Crippen LogP contribution in [0, 0.1) is 0 Å². The van der Waals surface area contributed by atoms with Crippen LogP contribution in [0.1, 0.15) is 11.1 Å². The number of aromatic nitrogens is 1. The Morgan fingerprint density at radius 3 is 2.57 bits per heavy atom. The first kappa shape index (κ1) is 14.8. The average molecular weight is 297 g/mol. The summed E-state index contributed by atoms with van der Waals surface area (Å²) in [5.74, 6) is -0.684. The molecule has 110 valence electrons. The van der Waals surface area contributed by atoms with E-state index in [-0.39, 0.29) is 12.3 Å². The van der Waals surface area contributed by atoms with Crippen LogP contribution in [0.25, 0.3) is 0 Å². The number of nitrogens with zero attached hydrogens (tertiary/aromatic N) is 1. The lowest BCUT2D eigenvalue weighted by molar-refractivity contribution is -0.138. The minimum absolute atomic E-state index is 0.00419. The standard InChI is InChI=1S/C14H10F3NO3/c15-14(16,17)10-4-5-12(18-8-10)21-11-3-1-2-9(6-11)7-13(19)20/h1-6,8H,7H2,(H,19,20). The molecule has 0 aliphatic rings. The van der Waals surface area contributed by atoms with Gasteiger partial charge in [-0.2, -0.15) is 13.2 Å². The van der Waals surface area contributed by atoms with E-state index >= 15 is 0 Å². The molecule has 0 saturated heterocycles. The Morgan fingerprint density at radius 2 is 2.00 bits per heavy atom. The Morgan fingerprint density at radius 1 is 1.24 bits per heavy atom. The Labute approximate surface area is 117 Å². The van der Waals surface area contributed by atoms with Gasteiger partial charge >= 0.3 is 12.1 Å². The number of hydrogen-bond acceptors (Lipinski definition) is 3.